The SMILES string of the molecule is CP(=O)(O)Oc1nc2ccccc2c2ccccc12. The van der Waals surface area contributed by atoms with Crippen molar-refractivity contribution in [3.63, 3.8) is 0 Å². The van der Waals surface area contributed by atoms with Gasteiger partial charge in [0.25, 0.3) is 0 Å². The van der Waals surface area contributed by atoms with Crippen LogP contribution >= 0.6 is 7.60 Å². The van der Waals surface area contributed by atoms with Crippen molar-refractivity contribution in [3.8, 4) is 5.88 Å². The van der Waals surface area contributed by atoms with Gasteiger partial charge >= 0.3 is 7.60 Å². The Kier molecular flexibility index (Phi) is 2.77. The van der Waals surface area contributed by atoms with Gasteiger partial charge in [-0.05, 0) is 17.5 Å². The Morgan fingerprint density at radius 3 is 2.26 bits per heavy atom. The Labute approximate surface area is 110 Å². The largest absolute Gasteiger partial charge is 0.405 e. The number of pyridine rings is 1. The van der Waals surface area contributed by atoms with E-state index in [0.29, 0.717) is 0 Å². The third-order valence-electron chi connectivity index (χ3n) is 2.83. The molecule has 0 aliphatic rings. The molecule has 3 aromatic rings. The second-order valence-electron chi connectivity index (χ2n) is 4.37. The summed E-state index contributed by atoms with van der Waals surface area (Å²) < 4.78 is 16.6. The van der Waals surface area contributed by atoms with Gasteiger partial charge in [-0.1, -0.05) is 36.4 Å². The van der Waals surface area contributed by atoms with Gasteiger partial charge < -0.3 is 9.42 Å². The van der Waals surface area contributed by atoms with Crippen LogP contribution in [-0.4, -0.2) is 16.5 Å². The molecule has 1 aromatic heterocycles. The molecule has 0 aliphatic heterocycles. The lowest BCUT2D eigenvalue weighted by molar-refractivity contribution is 0.384. The minimum absolute atomic E-state index is 0.197. The summed E-state index contributed by atoms with van der Waals surface area (Å²) in [6, 6.07) is 15.2. The van der Waals surface area contributed by atoms with E-state index >= 15 is 0 Å². The van der Waals surface area contributed by atoms with Gasteiger partial charge in [-0.2, -0.15) is 0 Å². The van der Waals surface area contributed by atoms with E-state index in [4.69, 9.17) is 4.52 Å². The molecule has 0 spiro atoms. The number of hydrogen-bond donors (Lipinski definition) is 1. The fraction of sp³-hybridized carbons (Fsp3) is 0.0714. The molecule has 1 atom stereocenters. The van der Waals surface area contributed by atoms with Gasteiger partial charge in [0, 0.05) is 17.4 Å². The standard InChI is InChI=1S/C14H12NO3P/c1-19(16,17)18-14-12-8-3-2-6-10(12)11-7-4-5-9-13(11)15-14/h2-9H,1H3,(H,16,17). The molecule has 1 heterocycles. The predicted octanol–water partition coefficient (Wildman–Crippen LogP) is 3.58. The molecule has 0 amide bonds. The first-order valence-electron chi connectivity index (χ1n) is 5.82. The van der Waals surface area contributed by atoms with Crippen LogP contribution in [0.1, 0.15) is 0 Å². The Hall–Kier alpha value is -1.90. The summed E-state index contributed by atoms with van der Waals surface area (Å²) in [5.74, 6) is 0.197. The number of hydrogen-bond acceptors (Lipinski definition) is 3. The molecule has 0 fully saturated rings. The van der Waals surface area contributed by atoms with Crippen molar-refractivity contribution in [2.24, 2.45) is 0 Å². The zero-order valence-electron chi connectivity index (χ0n) is 10.3. The molecule has 0 bridgehead atoms. The number of rotatable bonds is 2. The minimum atomic E-state index is -3.63. The van der Waals surface area contributed by atoms with Crippen LogP contribution in [-0.2, 0) is 4.57 Å². The first kappa shape index (κ1) is 12.2. The lowest BCUT2D eigenvalue weighted by atomic mass is 10.1. The fourth-order valence-electron chi connectivity index (χ4n) is 2.10. The predicted molar refractivity (Wildman–Crippen MR) is 75.6 cm³/mol. The van der Waals surface area contributed by atoms with Gasteiger partial charge in [-0.15, -0.1) is 0 Å². The van der Waals surface area contributed by atoms with Gasteiger partial charge in [0.1, 0.15) is 0 Å². The van der Waals surface area contributed by atoms with Crippen molar-refractivity contribution < 1.29 is 14.0 Å². The second kappa shape index (κ2) is 4.34. The van der Waals surface area contributed by atoms with E-state index < -0.39 is 7.60 Å². The van der Waals surface area contributed by atoms with Crippen LogP contribution in [0.4, 0.5) is 0 Å². The van der Waals surface area contributed by atoms with E-state index in [1.165, 1.54) is 0 Å². The van der Waals surface area contributed by atoms with Gasteiger partial charge in [-0.25, -0.2) is 9.55 Å². The third-order valence-corrected chi connectivity index (χ3v) is 3.34. The zero-order valence-corrected chi connectivity index (χ0v) is 11.2. The molecule has 0 saturated heterocycles. The zero-order chi connectivity index (χ0) is 13.5. The lowest BCUT2D eigenvalue weighted by Gasteiger charge is -2.12. The van der Waals surface area contributed by atoms with Gasteiger partial charge in [0.15, 0.2) is 0 Å². The van der Waals surface area contributed by atoms with Crippen LogP contribution in [0.5, 0.6) is 5.88 Å². The fourth-order valence-corrected chi connectivity index (χ4v) is 2.56. The summed E-state index contributed by atoms with van der Waals surface area (Å²) in [6.07, 6.45) is 0. The highest BCUT2D eigenvalue weighted by Gasteiger charge is 2.16. The number of aromatic nitrogens is 1. The number of para-hydroxylation sites is 1. The van der Waals surface area contributed by atoms with Crippen LogP contribution in [0.25, 0.3) is 21.7 Å². The molecule has 3 rings (SSSR count). The molecule has 5 heteroatoms. The maximum atomic E-state index is 11.5. The van der Waals surface area contributed by atoms with Crippen LogP contribution in [0.3, 0.4) is 0 Å². The van der Waals surface area contributed by atoms with Gasteiger partial charge in [0.05, 0.1) is 5.52 Å². The lowest BCUT2D eigenvalue weighted by Crippen LogP contribution is -1.94. The smallest absolute Gasteiger partial charge is 0.374 e. The molecular formula is C14H12NO3P. The second-order valence-corrected chi connectivity index (χ2v) is 6.16. The Morgan fingerprint density at radius 1 is 1.00 bits per heavy atom. The Bertz CT molecular complexity index is 810. The van der Waals surface area contributed by atoms with Crippen LogP contribution in [0.15, 0.2) is 48.5 Å². The topological polar surface area (TPSA) is 59.4 Å². The van der Waals surface area contributed by atoms with E-state index in [-0.39, 0.29) is 5.88 Å². The maximum Gasteiger partial charge on any atom is 0.374 e. The van der Waals surface area contributed by atoms with E-state index in [2.05, 4.69) is 4.98 Å². The average molecular weight is 273 g/mol. The molecule has 0 aliphatic carbocycles. The van der Waals surface area contributed by atoms with E-state index in [1.807, 2.05) is 48.5 Å². The summed E-state index contributed by atoms with van der Waals surface area (Å²) in [4.78, 5) is 13.7. The molecule has 0 radical (unpaired) electrons. The summed E-state index contributed by atoms with van der Waals surface area (Å²) in [6.45, 7) is 1.15. The molecule has 0 saturated carbocycles. The number of benzene rings is 2. The highest BCUT2D eigenvalue weighted by atomic mass is 31.2. The van der Waals surface area contributed by atoms with Crippen LogP contribution < -0.4 is 4.52 Å². The van der Waals surface area contributed by atoms with E-state index in [1.54, 1.807) is 0 Å². The normalized spacial score (nSPS) is 14.4. The molecule has 1 N–H and O–H groups in total. The highest BCUT2D eigenvalue weighted by molar-refractivity contribution is 7.52. The molecule has 1 unspecified atom stereocenters. The molecule has 4 nitrogen and oxygen atoms in total. The minimum Gasteiger partial charge on any atom is -0.405 e. The summed E-state index contributed by atoms with van der Waals surface area (Å²) in [7, 11) is -3.63. The first-order valence-corrected chi connectivity index (χ1v) is 7.84. The molecular weight excluding hydrogens is 261 g/mol. The third kappa shape index (κ3) is 2.33. The summed E-state index contributed by atoms with van der Waals surface area (Å²) in [5.41, 5.74) is 0.740. The van der Waals surface area contributed by atoms with Gasteiger partial charge in [0.2, 0.25) is 5.88 Å². The van der Waals surface area contributed by atoms with E-state index in [0.717, 1.165) is 28.3 Å². The maximum absolute atomic E-state index is 11.5. The van der Waals surface area contributed by atoms with Crippen molar-refractivity contribution in [2.75, 3.05) is 6.66 Å². The Morgan fingerprint density at radius 2 is 1.58 bits per heavy atom. The Balaban J connectivity index is 2.39. The summed E-state index contributed by atoms with van der Waals surface area (Å²) >= 11 is 0. The van der Waals surface area contributed by atoms with Crippen LogP contribution in [0, 0.1) is 0 Å². The van der Waals surface area contributed by atoms with Crippen molar-refractivity contribution in [3.05, 3.63) is 48.5 Å². The van der Waals surface area contributed by atoms with Crippen LogP contribution in [0.2, 0.25) is 0 Å². The van der Waals surface area contributed by atoms with Gasteiger partial charge in [-0.3, -0.25) is 0 Å². The van der Waals surface area contributed by atoms with Crippen molar-refractivity contribution in [2.45, 2.75) is 0 Å². The van der Waals surface area contributed by atoms with Crippen molar-refractivity contribution in [1.82, 2.24) is 4.98 Å². The highest BCUT2D eigenvalue weighted by Crippen LogP contribution is 2.41. The first-order chi connectivity index (χ1) is 9.04. The monoisotopic (exact) mass is 273 g/mol. The molecule has 96 valence electrons. The average Bonchev–Trinajstić information content (AvgIpc) is 2.37. The van der Waals surface area contributed by atoms with Crippen molar-refractivity contribution in [1.29, 1.82) is 0 Å². The molecule has 19 heavy (non-hydrogen) atoms. The quantitative estimate of drug-likeness (QED) is 0.572. The number of fused-ring (bicyclic) bond motifs is 3. The number of nitrogens with zero attached hydrogens (tertiary/aromatic N) is 1. The summed E-state index contributed by atoms with van der Waals surface area (Å²) in [5, 5.41) is 2.68. The molecule has 2 aromatic carbocycles. The van der Waals surface area contributed by atoms with E-state index in [9.17, 15) is 9.46 Å². The van der Waals surface area contributed by atoms with Crippen molar-refractivity contribution >= 4 is 29.3 Å².